The van der Waals surface area contributed by atoms with Gasteiger partial charge in [0.05, 0.1) is 6.61 Å². The fraction of sp³-hybridized carbons (Fsp3) is 0.286. The Morgan fingerprint density at radius 1 is 1.47 bits per heavy atom. The van der Waals surface area contributed by atoms with Crippen molar-refractivity contribution >= 4 is 22.4 Å². The molecule has 0 aliphatic carbocycles. The van der Waals surface area contributed by atoms with Crippen LogP contribution in [0, 0.1) is 0 Å². The van der Waals surface area contributed by atoms with E-state index in [9.17, 15) is 4.79 Å². The van der Waals surface area contributed by atoms with Gasteiger partial charge in [-0.1, -0.05) is 18.2 Å². The molecule has 3 rings (SSSR count). The third kappa shape index (κ3) is 2.76. The van der Waals surface area contributed by atoms with Crippen LogP contribution in [0.15, 0.2) is 35.8 Å². The van der Waals surface area contributed by atoms with Gasteiger partial charge in [-0.25, -0.2) is 4.98 Å². The Hall–Kier alpha value is -1.88. The van der Waals surface area contributed by atoms with Crippen molar-refractivity contribution in [1.82, 2.24) is 4.98 Å². The number of anilines is 1. The second kappa shape index (κ2) is 5.40. The molecule has 0 spiro atoms. The van der Waals surface area contributed by atoms with Crippen LogP contribution < -0.4 is 10.1 Å². The maximum atomic E-state index is 12.0. The molecule has 2 aromatic rings. The number of benzene rings is 1. The molecule has 0 saturated carbocycles. The van der Waals surface area contributed by atoms with Crippen LogP contribution in [0.5, 0.6) is 5.75 Å². The average molecular weight is 274 g/mol. The smallest absolute Gasteiger partial charge is 0.226 e. The third-order valence-corrected chi connectivity index (χ3v) is 3.88. The molecule has 19 heavy (non-hydrogen) atoms. The van der Waals surface area contributed by atoms with Gasteiger partial charge in [0.15, 0.2) is 5.13 Å². The van der Waals surface area contributed by atoms with E-state index in [-0.39, 0.29) is 11.8 Å². The van der Waals surface area contributed by atoms with Crippen LogP contribution in [0.2, 0.25) is 0 Å². The van der Waals surface area contributed by atoms with Crippen LogP contribution in [-0.4, -0.2) is 17.5 Å². The summed E-state index contributed by atoms with van der Waals surface area (Å²) in [5, 5.41) is 5.33. The Bertz CT molecular complexity index is 569. The van der Waals surface area contributed by atoms with Gasteiger partial charge in [0.1, 0.15) is 5.75 Å². The molecule has 4 nitrogen and oxygen atoms in total. The molecule has 1 atom stereocenters. The highest BCUT2D eigenvalue weighted by atomic mass is 32.1. The molecule has 0 fully saturated rings. The molecular weight excluding hydrogens is 260 g/mol. The summed E-state index contributed by atoms with van der Waals surface area (Å²) in [4.78, 5) is 16.1. The zero-order valence-corrected chi connectivity index (χ0v) is 11.2. The lowest BCUT2D eigenvalue weighted by molar-refractivity contribution is -0.116. The van der Waals surface area contributed by atoms with Crippen molar-refractivity contribution in [2.24, 2.45) is 0 Å². The van der Waals surface area contributed by atoms with Gasteiger partial charge in [-0.15, -0.1) is 11.3 Å². The minimum absolute atomic E-state index is 0.0108. The van der Waals surface area contributed by atoms with E-state index in [0.29, 0.717) is 18.2 Å². The van der Waals surface area contributed by atoms with Crippen LogP contribution in [0.3, 0.4) is 0 Å². The Kier molecular flexibility index (Phi) is 3.46. The Morgan fingerprint density at radius 2 is 2.37 bits per heavy atom. The first-order chi connectivity index (χ1) is 9.33. The van der Waals surface area contributed by atoms with Gasteiger partial charge in [-0.05, 0) is 24.0 Å². The molecule has 1 unspecified atom stereocenters. The van der Waals surface area contributed by atoms with Crippen molar-refractivity contribution < 1.29 is 9.53 Å². The Labute approximate surface area is 115 Å². The summed E-state index contributed by atoms with van der Waals surface area (Å²) in [7, 11) is 0. The van der Waals surface area contributed by atoms with Crippen LogP contribution in [0.1, 0.15) is 24.3 Å². The lowest BCUT2D eigenvalue weighted by atomic mass is 9.90. The Morgan fingerprint density at radius 3 is 3.21 bits per heavy atom. The molecule has 1 amide bonds. The van der Waals surface area contributed by atoms with Gasteiger partial charge >= 0.3 is 0 Å². The number of aromatic nitrogens is 1. The minimum atomic E-state index is 0.0108. The number of rotatable bonds is 3. The lowest BCUT2D eigenvalue weighted by Crippen LogP contribution is -2.20. The number of carbonyl (C=O) groups excluding carboxylic acids is 1. The maximum absolute atomic E-state index is 12.0. The molecule has 1 aromatic carbocycles. The number of para-hydroxylation sites is 1. The van der Waals surface area contributed by atoms with Gasteiger partial charge < -0.3 is 10.1 Å². The summed E-state index contributed by atoms with van der Waals surface area (Å²) < 4.78 is 5.60. The number of carbonyl (C=O) groups is 1. The van der Waals surface area contributed by atoms with Gasteiger partial charge in [-0.3, -0.25) is 4.79 Å². The standard InChI is InChI=1S/C14H14N2O2S/c17-13(16-14-15-6-8-19-14)9-10-5-7-18-12-4-2-1-3-11(10)12/h1-4,6,8,10H,5,7,9H2,(H,15,16,17). The highest BCUT2D eigenvalue weighted by molar-refractivity contribution is 7.13. The van der Waals surface area contributed by atoms with Crippen LogP contribution >= 0.6 is 11.3 Å². The van der Waals surface area contributed by atoms with Gasteiger partial charge in [0.2, 0.25) is 5.91 Å². The summed E-state index contributed by atoms with van der Waals surface area (Å²) in [5.74, 6) is 1.14. The molecule has 1 aliphatic rings. The number of amides is 1. The monoisotopic (exact) mass is 274 g/mol. The second-order valence-electron chi connectivity index (χ2n) is 4.46. The van der Waals surface area contributed by atoms with E-state index in [1.165, 1.54) is 11.3 Å². The molecule has 0 saturated heterocycles. The van der Waals surface area contributed by atoms with E-state index in [2.05, 4.69) is 10.3 Å². The molecule has 2 heterocycles. The fourth-order valence-corrected chi connectivity index (χ4v) is 2.85. The van der Waals surface area contributed by atoms with Crippen LogP contribution in [0.4, 0.5) is 5.13 Å². The second-order valence-corrected chi connectivity index (χ2v) is 5.36. The van der Waals surface area contributed by atoms with Crippen molar-refractivity contribution in [3.05, 3.63) is 41.4 Å². The van der Waals surface area contributed by atoms with E-state index in [1.54, 1.807) is 6.20 Å². The zero-order chi connectivity index (χ0) is 13.1. The predicted molar refractivity (Wildman–Crippen MR) is 74.7 cm³/mol. The number of nitrogens with zero attached hydrogens (tertiary/aromatic N) is 1. The number of ether oxygens (including phenoxy) is 1. The van der Waals surface area contributed by atoms with Crippen LogP contribution in [0.25, 0.3) is 0 Å². The summed E-state index contributed by atoms with van der Waals surface area (Å²) in [5.41, 5.74) is 1.13. The minimum Gasteiger partial charge on any atom is -0.493 e. The van der Waals surface area contributed by atoms with Crippen molar-refractivity contribution in [3.8, 4) is 5.75 Å². The summed E-state index contributed by atoms with van der Waals surface area (Å²) in [6.45, 7) is 0.673. The lowest BCUT2D eigenvalue weighted by Gasteiger charge is -2.25. The molecular formula is C14H14N2O2S. The molecule has 98 valence electrons. The van der Waals surface area contributed by atoms with E-state index >= 15 is 0 Å². The highest BCUT2D eigenvalue weighted by Gasteiger charge is 2.23. The topological polar surface area (TPSA) is 51.2 Å². The van der Waals surface area contributed by atoms with Crippen molar-refractivity contribution in [2.45, 2.75) is 18.8 Å². The average Bonchev–Trinajstić information content (AvgIpc) is 2.92. The molecule has 1 aromatic heterocycles. The van der Waals surface area contributed by atoms with Crippen molar-refractivity contribution in [1.29, 1.82) is 0 Å². The van der Waals surface area contributed by atoms with E-state index in [4.69, 9.17) is 4.74 Å². The number of hydrogen-bond acceptors (Lipinski definition) is 4. The van der Waals surface area contributed by atoms with Gasteiger partial charge in [0.25, 0.3) is 0 Å². The summed E-state index contributed by atoms with van der Waals surface area (Å²) >= 11 is 1.43. The van der Waals surface area contributed by atoms with E-state index in [1.807, 2.05) is 29.6 Å². The van der Waals surface area contributed by atoms with Gasteiger partial charge in [0, 0.05) is 18.0 Å². The van der Waals surface area contributed by atoms with Crippen LogP contribution in [-0.2, 0) is 4.79 Å². The van der Waals surface area contributed by atoms with Gasteiger partial charge in [-0.2, -0.15) is 0 Å². The first-order valence-electron chi connectivity index (χ1n) is 6.24. The number of thiazole rings is 1. The summed E-state index contributed by atoms with van der Waals surface area (Å²) in [6, 6.07) is 7.94. The van der Waals surface area contributed by atoms with E-state index < -0.39 is 0 Å². The predicted octanol–water partition coefficient (Wildman–Crippen LogP) is 3.04. The normalized spacial score (nSPS) is 17.4. The molecule has 1 aliphatic heterocycles. The zero-order valence-electron chi connectivity index (χ0n) is 10.3. The first kappa shape index (κ1) is 12.2. The molecule has 5 heteroatoms. The van der Waals surface area contributed by atoms with E-state index in [0.717, 1.165) is 17.7 Å². The highest BCUT2D eigenvalue weighted by Crippen LogP contribution is 2.35. The molecule has 0 bridgehead atoms. The largest absolute Gasteiger partial charge is 0.493 e. The first-order valence-corrected chi connectivity index (χ1v) is 7.12. The maximum Gasteiger partial charge on any atom is 0.226 e. The van der Waals surface area contributed by atoms with Crippen molar-refractivity contribution in [2.75, 3.05) is 11.9 Å². The molecule has 1 N–H and O–H groups in total. The number of fused-ring (bicyclic) bond motifs is 1. The number of hydrogen-bond donors (Lipinski definition) is 1. The third-order valence-electron chi connectivity index (χ3n) is 3.19. The quantitative estimate of drug-likeness (QED) is 0.936. The molecule has 0 radical (unpaired) electrons. The fourth-order valence-electron chi connectivity index (χ4n) is 2.31. The van der Waals surface area contributed by atoms with Crippen molar-refractivity contribution in [3.63, 3.8) is 0 Å². The number of nitrogens with one attached hydrogen (secondary N) is 1. The SMILES string of the molecule is O=C(CC1CCOc2ccccc21)Nc1nccs1. The summed E-state index contributed by atoms with van der Waals surface area (Å²) in [6.07, 6.45) is 3.03. The Balaban J connectivity index is 1.69.